The van der Waals surface area contributed by atoms with Gasteiger partial charge in [0.05, 0.1) is 5.69 Å². The molecular weight excluding hydrogens is 194 g/mol. The topological polar surface area (TPSA) is 22.0 Å². The van der Waals surface area contributed by atoms with Crippen molar-refractivity contribution in [2.24, 2.45) is 0 Å². The van der Waals surface area contributed by atoms with Crippen molar-refractivity contribution in [2.45, 2.75) is 13.8 Å². The predicted molar refractivity (Wildman–Crippen MR) is 59.4 cm³/mol. The zero-order valence-corrected chi connectivity index (χ0v) is 8.97. The first-order chi connectivity index (χ1) is 6.68. The van der Waals surface area contributed by atoms with Gasteiger partial charge in [-0.1, -0.05) is 29.2 Å². The summed E-state index contributed by atoms with van der Waals surface area (Å²) in [5, 5.41) is 1.88. The number of nitrogens with zero attached hydrogens (tertiary/aromatic N) is 1. The molecule has 0 N–H and O–H groups in total. The lowest BCUT2D eigenvalue weighted by Crippen LogP contribution is -2.12. The third kappa shape index (κ3) is 1.51. The summed E-state index contributed by atoms with van der Waals surface area (Å²) in [6.45, 7) is 3.87. The van der Waals surface area contributed by atoms with Gasteiger partial charge in [-0.15, -0.1) is 0 Å². The van der Waals surface area contributed by atoms with E-state index in [2.05, 4.69) is 0 Å². The van der Waals surface area contributed by atoms with Gasteiger partial charge in [0.15, 0.2) is 0 Å². The highest BCUT2D eigenvalue weighted by Crippen LogP contribution is 2.11. The van der Waals surface area contributed by atoms with E-state index in [9.17, 15) is 4.79 Å². The molecule has 0 unspecified atom stereocenters. The molecule has 0 aliphatic carbocycles. The maximum Gasteiger partial charge on any atom is 0.268 e. The molecule has 14 heavy (non-hydrogen) atoms. The van der Waals surface area contributed by atoms with Crippen molar-refractivity contribution in [1.82, 2.24) is 3.96 Å². The second-order valence-electron chi connectivity index (χ2n) is 3.34. The highest BCUT2D eigenvalue weighted by molar-refractivity contribution is 7.04. The van der Waals surface area contributed by atoms with Crippen LogP contribution in [0.1, 0.15) is 11.1 Å². The minimum Gasteiger partial charge on any atom is -0.268 e. The molecule has 2 nitrogen and oxygen atoms in total. The van der Waals surface area contributed by atoms with Crippen LogP contribution in [0.25, 0.3) is 5.69 Å². The van der Waals surface area contributed by atoms with Crippen molar-refractivity contribution in [1.29, 1.82) is 0 Å². The van der Waals surface area contributed by atoms with Gasteiger partial charge >= 0.3 is 0 Å². The van der Waals surface area contributed by atoms with E-state index in [1.165, 1.54) is 17.1 Å². The second kappa shape index (κ2) is 3.42. The summed E-state index contributed by atoms with van der Waals surface area (Å²) in [5.41, 5.74) is 3.03. The van der Waals surface area contributed by atoms with Crippen LogP contribution in [-0.2, 0) is 0 Å². The number of rotatable bonds is 1. The summed E-state index contributed by atoms with van der Waals surface area (Å²) < 4.78 is 1.70. The average molecular weight is 205 g/mol. The zero-order chi connectivity index (χ0) is 10.1. The third-order valence-electron chi connectivity index (χ3n) is 2.13. The fraction of sp³-hybridized carbons (Fsp3) is 0.182. The minimum atomic E-state index is 0.0823. The molecule has 0 radical (unpaired) electrons. The van der Waals surface area contributed by atoms with E-state index in [-0.39, 0.29) is 5.56 Å². The molecule has 1 aromatic heterocycles. The largest absolute Gasteiger partial charge is 0.268 e. The maximum atomic E-state index is 11.6. The molecule has 0 saturated carbocycles. The van der Waals surface area contributed by atoms with Crippen molar-refractivity contribution in [3.63, 3.8) is 0 Å². The Bertz CT molecular complexity index is 493. The van der Waals surface area contributed by atoms with E-state index < -0.39 is 0 Å². The highest BCUT2D eigenvalue weighted by Gasteiger charge is 2.03. The number of aryl methyl sites for hydroxylation is 2. The minimum absolute atomic E-state index is 0.0823. The monoisotopic (exact) mass is 205 g/mol. The van der Waals surface area contributed by atoms with E-state index in [4.69, 9.17) is 0 Å². The summed E-state index contributed by atoms with van der Waals surface area (Å²) in [6, 6.07) is 7.95. The van der Waals surface area contributed by atoms with E-state index in [0.717, 1.165) is 11.3 Å². The summed E-state index contributed by atoms with van der Waals surface area (Å²) in [4.78, 5) is 11.6. The van der Waals surface area contributed by atoms with Crippen LogP contribution in [0.5, 0.6) is 0 Å². The Morgan fingerprint density at radius 1 is 1.14 bits per heavy atom. The smallest absolute Gasteiger partial charge is 0.268 e. The van der Waals surface area contributed by atoms with Crippen LogP contribution in [-0.4, -0.2) is 3.96 Å². The first kappa shape index (κ1) is 9.21. The summed E-state index contributed by atoms with van der Waals surface area (Å²) in [5.74, 6) is 0. The van der Waals surface area contributed by atoms with Gasteiger partial charge in [-0.25, -0.2) is 3.96 Å². The Kier molecular flexibility index (Phi) is 2.25. The number of hydrogen-bond acceptors (Lipinski definition) is 2. The third-order valence-corrected chi connectivity index (χ3v) is 3.17. The number of hydrogen-bond donors (Lipinski definition) is 0. The van der Waals surface area contributed by atoms with Gasteiger partial charge < -0.3 is 0 Å². The summed E-state index contributed by atoms with van der Waals surface area (Å²) in [7, 11) is 0. The van der Waals surface area contributed by atoms with E-state index in [1.807, 2.05) is 43.5 Å². The van der Waals surface area contributed by atoms with Crippen LogP contribution in [0.2, 0.25) is 0 Å². The van der Waals surface area contributed by atoms with Crippen LogP contribution in [0.4, 0.5) is 0 Å². The van der Waals surface area contributed by atoms with Crippen LogP contribution >= 0.6 is 11.5 Å². The fourth-order valence-electron chi connectivity index (χ4n) is 1.25. The van der Waals surface area contributed by atoms with E-state index in [0.29, 0.717) is 0 Å². The summed E-state index contributed by atoms with van der Waals surface area (Å²) in [6.07, 6.45) is 0. The van der Waals surface area contributed by atoms with Gasteiger partial charge in [0.1, 0.15) is 0 Å². The fourth-order valence-corrected chi connectivity index (χ4v) is 2.10. The molecule has 0 aliphatic rings. The average Bonchev–Trinajstić information content (AvgIpc) is 2.50. The first-order valence-electron chi connectivity index (χ1n) is 4.43. The van der Waals surface area contributed by atoms with Crippen molar-refractivity contribution in [2.75, 3.05) is 0 Å². The zero-order valence-electron chi connectivity index (χ0n) is 8.15. The molecule has 1 aromatic carbocycles. The Hall–Kier alpha value is -1.35. The molecule has 0 atom stereocenters. The van der Waals surface area contributed by atoms with Gasteiger partial charge in [0.2, 0.25) is 0 Å². The van der Waals surface area contributed by atoms with E-state index >= 15 is 0 Å². The molecule has 0 saturated heterocycles. The molecule has 2 rings (SSSR count). The second-order valence-corrected chi connectivity index (χ2v) is 4.15. The Balaban J connectivity index is 2.55. The first-order valence-corrected chi connectivity index (χ1v) is 5.27. The lowest BCUT2D eigenvalue weighted by Gasteiger charge is -1.99. The molecule has 1 heterocycles. The highest BCUT2D eigenvalue weighted by atomic mass is 32.1. The Morgan fingerprint density at radius 2 is 1.79 bits per heavy atom. The van der Waals surface area contributed by atoms with Crippen molar-refractivity contribution >= 4 is 11.5 Å². The lowest BCUT2D eigenvalue weighted by atomic mass is 10.2. The van der Waals surface area contributed by atoms with Gasteiger partial charge in [-0.3, -0.25) is 4.79 Å². The van der Waals surface area contributed by atoms with Crippen LogP contribution in [0.15, 0.2) is 34.4 Å². The summed E-state index contributed by atoms with van der Waals surface area (Å²) >= 11 is 1.44. The molecule has 0 spiro atoms. The van der Waals surface area contributed by atoms with Gasteiger partial charge in [0.25, 0.3) is 5.56 Å². The van der Waals surface area contributed by atoms with Crippen molar-refractivity contribution in [3.8, 4) is 5.69 Å². The van der Waals surface area contributed by atoms with Gasteiger partial charge in [0, 0.05) is 10.9 Å². The Morgan fingerprint density at radius 3 is 2.29 bits per heavy atom. The van der Waals surface area contributed by atoms with Crippen LogP contribution in [0.3, 0.4) is 0 Å². The lowest BCUT2D eigenvalue weighted by molar-refractivity contribution is 1.11. The molecule has 0 aliphatic heterocycles. The van der Waals surface area contributed by atoms with Crippen molar-refractivity contribution in [3.05, 3.63) is 51.1 Å². The van der Waals surface area contributed by atoms with Crippen molar-refractivity contribution < 1.29 is 0 Å². The standard InChI is InChI=1S/C11H11NOS/c1-8-3-5-10(6-4-8)12-11(13)9(2)7-14-12/h3-7H,1-2H3. The molecule has 72 valence electrons. The molecule has 3 heteroatoms. The quantitative estimate of drug-likeness (QED) is 0.701. The molecule has 2 aromatic rings. The van der Waals surface area contributed by atoms with Crippen LogP contribution in [0, 0.1) is 13.8 Å². The molecule has 0 amide bonds. The van der Waals surface area contributed by atoms with Crippen LogP contribution < -0.4 is 5.56 Å². The normalized spacial score (nSPS) is 10.4. The maximum absolute atomic E-state index is 11.6. The molecular formula is C11H11NOS. The number of aromatic nitrogens is 1. The SMILES string of the molecule is Cc1ccc(-n2scc(C)c2=O)cc1. The Labute approximate surface area is 86.6 Å². The number of benzene rings is 1. The van der Waals surface area contributed by atoms with Gasteiger partial charge in [-0.2, -0.15) is 0 Å². The predicted octanol–water partition coefficient (Wildman–Crippen LogP) is 2.52. The van der Waals surface area contributed by atoms with Gasteiger partial charge in [-0.05, 0) is 26.0 Å². The molecule has 0 bridgehead atoms. The van der Waals surface area contributed by atoms with E-state index in [1.54, 1.807) is 3.96 Å². The molecule has 0 fully saturated rings.